The molecule has 9 heteroatoms. The quantitative estimate of drug-likeness (QED) is 0.438. The average molecular weight is 465 g/mol. The summed E-state index contributed by atoms with van der Waals surface area (Å²) in [5.41, 5.74) is 2.93. The van der Waals surface area contributed by atoms with Crippen molar-refractivity contribution < 1.29 is 4.74 Å². The van der Waals surface area contributed by atoms with Crippen LogP contribution in [0.4, 0.5) is 0 Å². The Kier molecular flexibility index (Phi) is 5.81. The van der Waals surface area contributed by atoms with Crippen molar-refractivity contribution in [2.24, 2.45) is 7.05 Å². The Bertz CT molecular complexity index is 1480. The molecule has 1 aliphatic rings. The van der Waals surface area contributed by atoms with E-state index in [-0.39, 0.29) is 11.2 Å². The van der Waals surface area contributed by atoms with E-state index in [2.05, 4.69) is 4.90 Å². The Morgan fingerprint density at radius 3 is 2.47 bits per heavy atom. The normalized spacial score (nSPS) is 14.9. The van der Waals surface area contributed by atoms with Crippen LogP contribution in [0.15, 0.2) is 33.9 Å². The number of nitrogens with zero attached hydrogens (tertiary/aromatic N) is 6. The first-order chi connectivity index (χ1) is 16.4. The number of hydrogen-bond acceptors (Lipinski definition) is 5. The van der Waals surface area contributed by atoms with Gasteiger partial charge >= 0.3 is 5.69 Å². The van der Waals surface area contributed by atoms with Crippen molar-refractivity contribution in [3.05, 3.63) is 56.5 Å². The first-order valence-corrected chi connectivity index (χ1v) is 12.1. The van der Waals surface area contributed by atoms with Gasteiger partial charge in [0.15, 0.2) is 11.2 Å². The van der Waals surface area contributed by atoms with Crippen LogP contribution in [0.2, 0.25) is 0 Å². The van der Waals surface area contributed by atoms with Gasteiger partial charge in [-0.2, -0.15) is 4.98 Å². The minimum absolute atomic E-state index is 0.291. The zero-order chi connectivity index (χ0) is 24.0. The van der Waals surface area contributed by atoms with E-state index in [9.17, 15) is 9.59 Å². The van der Waals surface area contributed by atoms with Gasteiger partial charge in [0.1, 0.15) is 5.75 Å². The van der Waals surface area contributed by atoms with Gasteiger partial charge in [-0.3, -0.25) is 22.9 Å². The molecule has 1 fully saturated rings. The maximum atomic E-state index is 13.7. The number of benzene rings is 1. The monoisotopic (exact) mass is 464 g/mol. The second kappa shape index (κ2) is 8.79. The third kappa shape index (κ3) is 3.46. The highest BCUT2D eigenvalue weighted by Gasteiger charge is 2.24. The van der Waals surface area contributed by atoms with Crippen LogP contribution in [0.1, 0.15) is 37.6 Å². The number of ether oxygens (including phenoxy) is 1. The molecular weight excluding hydrogens is 432 g/mol. The highest BCUT2D eigenvalue weighted by Crippen LogP contribution is 2.30. The molecule has 1 saturated heterocycles. The summed E-state index contributed by atoms with van der Waals surface area (Å²) in [6, 6.07) is 7.79. The topological polar surface area (TPSA) is 78.7 Å². The molecule has 0 atom stereocenters. The van der Waals surface area contributed by atoms with E-state index in [0.29, 0.717) is 36.6 Å². The molecule has 0 radical (unpaired) electrons. The van der Waals surface area contributed by atoms with Gasteiger partial charge in [0.2, 0.25) is 5.78 Å². The second-order valence-corrected chi connectivity index (χ2v) is 9.03. The molecular formula is C25H32N6O3. The highest BCUT2D eigenvalue weighted by molar-refractivity contribution is 5.77. The largest absolute Gasteiger partial charge is 0.492 e. The smallest absolute Gasteiger partial charge is 0.332 e. The predicted octanol–water partition coefficient (Wildman–Crippen LogP) is 2.64. The fourth-order valence-corrected chi connectivity index (χ4v) is 5.08. The molecule has 4 heterocycles. The van der Waals surface area contributed by atoms with Gasteiger partial charge in [0, 0.05) is 31.5 Å². The third-order valence-corrected chi connectivity index (χ3v) is 7.01. The first kappa shape index (κ1) is 22.5. The summed E-state index contributed by atoms with van der Waals surface area (Å²) in [5, 5.41) is 0. The number of para-hydroxylation sites is 2. The van der Waals surface area contributed by atoms with Crippen LogP contribution < -0.4 is 16.0 Å². The Balaban J connectivity index is 1.71. The zero-order valence-electron chi connectivity index (χ0n) is 20.4. The van der Waals surface area contributed by atoms with Crippen molar-refractivity contribution in [2.45, 2.75) is 46.6 Å². The lowest BCUT2D eigenvalue weighted by atomic mass is 10.1. The Morgan fingerprint density at radius 1 is 1.00 bits per heavy atom. The van der Waals surface area contributed by atoms with Gasteiger partial charge in [-0.15, -0.1) is 0 Å². The molecule has 34 heavy (non-hydrogen) atoms. The molecule has 0 unspecified atom stereocenters. The van der Waals surface area contributed by atoms with Crippen molar-refractivity contribution in [3.8, 4) is 11.4 Å². The standard InChI is InChI=1S/C25H32N6O3/c1-5-34-20-12-8-7-11-19(20)30-17(2)18(3)31-21-22(26-24(30)31)27(4)25(33)29(23(21)32)16-15-28-13-9-6-10-14-28/h7-8,11-12H,5-6,9-10,13-16H2,1-4H3. The van der Waals surface area contributed by atoms with E-state index in [1.807, 2.05) is 54.0 Å². The van der Waals surface area contributed by atoms with Crippen LogP contribution in [0.5, 0.6) is 5.75 Å². The molecule has 4 aromatic rings. The third-order valence-electron chi connectivity index (χ3n) is 7.01. The summed E-state index contributed by atoms with van der Waals surface area (Å²) >= 11 is 0. The summed E-state index contributed by atoms with van der Waals surface area (Å²) in [5.74, 6) is 1.34. The van der Waals surface area contributed by atoms with Gasteiger partial charge < -0.3 is 9.64 Å². The van der Waals surface area contributed by atoms with Gasteiger partial charge in [0.05, 0.1) is 12.3 Å². The number of likely N-dealkylation sites (tertiary alicyclic amines) is 1. The van der Waals surface area contributed by atoms with E-state index in [4.69, 9.17) is 9.72 Å². The van der Waals surface area contributed by atoms with Crippen molar-refractivity contribution >= 4 is 16.9 Å². The van der Waals surface area contributed by atoms with Crippen molar-refractivity contribution in [3.63, 3.8) is 0 Å². The summed E-state index contributed by atoms with van der Waals surface area (Å²) in [6.07, 6.45) is 3.59. The number of rotatable bonds is 6. The summed E-state index contributed by atoms with van der Waals surface area (Å²) in [6.45, 7) is 9.60. The molecule has 0 aliphatic carbocycles. The molecule has 0 amide bonds. The summed E-state index contributed by atoms with van der Waals surface area (Å²) in [4.78, 5) is 33.9. The number of imidazole rings is 2. The van der Waals surface area contributed by atoms with E-state index in [1.165, 1.54) is 28.4 Å². The van der Waals surface area contributed by atoms with Crippen LogP contribution in [-0.4, -0.2) is 54.2 Å². The minimum atomic E-state index is -0.328. The molecule has 9 nitrogen and oxygen atoms in total. The first-order valence-electron chi connectivity index (χ1n) is 12.1. The molecule has 1 aromatic carbocycles. The molecule has 5 rings (SSSR count). The SMILES string of the molecule is CCOc1ccccc1-n1c(C)c(C)n2c3c(=O)n(CCN4CCCCC4)c(=O)n(C)c3nc12. The van der Waals surface area contributed by atoms with Crippen LogP contribution in [0, 0.1) is 13.8 Å². The molecule has 0 N–H and O–H groups in total. The molecule has 0 bridgehead atoms. The molecule has 3 aromatic heterocycles. The Hall–Kier alpha value is -3.33. The number of hydrogen-bond donors (Lipinski definition) is 0. The van der Waals surface area contributed by atoms with E-state index >= 15 is 0 Å². The summed E-state index contributed by atoms with van der Waals surface area (Å²) in [7, 11) is 1.69. The number of fused-ring (bicyclic) bond motifs is 3. The van der Waals surface area contributed by atoms with Crippen LogP contribution >= 0.6 is 0 Å². The zero-order valence-corrected chi connectivity index (χ0v) is 20.4. The maximum Gasteiger partial charge on any atom is 0.332 e. The maximum absolute atomic E-state index is 13.7. The fraction of sp³-hybridized carbons (Fsp3) is 0.480. The number of aryl methyl sites for hydroxylation is 2. The molecule has 1 aliphatic heterocycles. The Morgan fingerprint density at radius 2 is 1.74 bits per heavy atom. The lowest BCUT2D eigenvalue weighted by Crippen LogP contribution is -2.43. The van der Waals surface area contributed by atoms with Crippen LogP contribution in [-0.2, 0) is 13.6 Å². The average Bonchev–Trinajstić information content (AvgIpc) is 3.34. The number of aromatic nitrogens is 5. The van der Waals surface area contributed by atoms with Gasteiger partial charge in [-0.05, 0) is 58.8 Å². The van der Waals surface area contributed by atoms with Crippen molar-refractivity contribution in [2.75, 3.05) is 26.2 Å². The van der Waals surface area contributed by atoms with Gasteiger partial charge in [0.25, 0.3) is 5.56 Å². The fourth-order valence-electron chi connectivity index (χ4n) is 5.08. The Labute approximate surface area is 197 Å². The molecule has 0 saturated carbocycles. The highest BCUT2D eigenvalue weighted by atomic mass is 16.5. The second-order valence-electron chi connectivity index (χ2n) is 9.03. The lowest BCUT2D eigenvalue weighted by Gasteiger charge is -2.26. The van der Waals surface area contributed by atoms with E-state index in [0.717, 1.165) is 35.9 Å². The minimum Gasteiger partial charge on any atom is -0.492 e. The number of piperidine rings is 1. The van der Waals surface area contributed by atoms with Gasteiger partial charge in [-0.1, -0.05) is 18.6 Å². The van der Waals surface area contributed by atoms with E-state index < -0.39 is 0 Å². The van der Waals surface area contributed by atoms with Crippen molar-refractivity contribution in [1.82, 2.24) is 28.0 Å². The lowest BCUT2D eigenvalue weighted by molar-refractivity contribution is 0.218. The molecule has 180 valence electrons. The predicted molar refractivity (Wildman–Crippen MR) is 132 cm³/mol. The van der Waals surface area contributed by atoms with E-state index in [1.54, 1.807) is 7.05 Å². The van der Waals surface area contributed by atoms with Crippen LogP contribution in [0.25, 0.3) is 22.6 Å². The van der Waals surface area contributed by atoms with Gasteiger partial charge in [-0.25, -0.2) is 4.79 Å². The summed E-state index contributed by atoms with van der Waals surface area (Å²) < 4.78 is 12.6. The molecule has 0 spiro atoms. The van der Waals surface area contributed by atoms with Crippen LogP contribution in [0.3, 0.4) is 0 Å². The van der Waals surface area contributed by atoms with Crippen molar-refractivity contribution in [1.29, 1.82) is 0 Å².